The molecule has 0 spiro atoms. The van der Waals surface area contributed by atoms with E-state index in [0.29, 0.717) is 0 Å². The Bertz CT molecular complexity index is 799. The number of nitrogens with zero attached hydrogens (tertiary/aromatic N) is 1. The van der Waals surface area contributed by atoms with Crippen molar-refractivity contribution < 1.29 is 0 Å². The highest BCUT2D eigenvalue weighted by atomic mass is 79.9. The van der Waals surface area contributed by atoms with Gasteiger partial charge in [-0.25, -0.2) is 0 Å². The highest BCUT2D eigenvalue weighted by Crippen LogP contribution is 2.36. The highest BCUT2D eigenvalue weighted by molar-refractivity contribution is 9.10. The number of benzene rings is 3. The van der Waals surface area contributed by atoms with Gasteiger partial charge in [-0.2, -0.15) is 0 Å². The molecule has 4 rings (SSSR count). The van der Waals surface area contributed by atoms with Crippen LogP contribution in [0, 0.1) is 0 Å². The number of hydrogen-bond acceptors (Lipinski definition) is 2. The summed E-state index contributed by atoms with van der Waals surface area (Å²) in [5, 5.41) is 3.69. The number of rotatable bonds is 2. The van der Waals surface area contributed by atoms with E-state index in [1.54, 1.807) is 0 Å². The monoisotopic (exact) mass is 364 g/mol. The van der Waals surface area contributed by atoms with Gasteiger partial charge in [0.25, 0.3) is 0 Å². The van der Waals surface area contributed by atoms with Crippen LogP contribution >= 0.6 is 15.9 Å². The van der Waals surface area contributed by atoms with Crippen LogP contribution in [0.15, 0.2) is 83.3 Å². The van der Waals surface area contributed by atoms with Crippen molar-refractivity contribution in [1.82, 2.24) is 0 Å². The third-order valence-corrected chi connectivity index (χ3v) is 4.76. The van der Waals surface area contributed by atoms with E-state index < -0.39 is 0 Å². The molecule has 0 saturated carbocycles. The maximum Gasteiger partial charge on any atom is 0.126 e. The average molecular weight is 365 g/mol. The molecule has 2 nitrogen and oxygen atoms in total. The summed E-state index contributed by atoms with van der Waals surface area (Å²) in [6, 6.07) is 27.7. The molecule has 1 unspecified atom stereocenters. The Hall–Kier alpha value is -2.26. The van der Waals surface area contributed by atoms with Crippen LogP contribution in [-0.2, 0) is 6.54 Å². The summed E-state index contributed by atoms with van der Waals surface area (Å²) in [5.74, 6) is 0. The van der Waals surface area contributed by atoms with Crippen molar-refractivity contribution in [3.8, 4) is 0 Å². The maximum atomic E-state index is 3.69. The molecule has 3 aromatic carbocycles. The Labute approximate surface area is 144 Å². The van der Waals surface area contributed by atoms with Crippen LogP contribution in [0.4, 0.5) is 11.4 Å². The summed E-state index contributed by atoms with van der Waals surface area (Å²) in [7, 11) is 0. The second-order valence-electron chi connectivity index (χ2n) is 5.72. The second-order valence-corrected chi connectivity index (χ2v) is 6.63. The quantitative estimate of drug-likeness (QED) is 0.638. The van der Waals surface area contributed by atoms with Gasteiger partial charge >= 0.3 is 0 Å². The lowest BCUT2D eigenvalue weighted by Gasteiger charge is -2.40. The summed E-state index contributed by atoms with van der Waals surface area (Å²) in [4.78, 5) is 2.41. The van der Waals surface area contributed by atoms with Crippen molar-refractivity contribution in [3.05, 3.63) is 94.5 Å². The molecular formula is C20H17BrN2. The van der Waals surface area contributed by atoms with E-state index in [1.165, 1.54) is 22.5 Å². The van der Waals surface area contributed by atoms with Gasteiger partial charge in [0, 0.05) is 22.4 Å². The SMILES string of the molecule is Brc1ccc(C2Nc3ccccc3CN2c2ccccc2)cc1. The molecule has 1 heterocycles. The Kier molecular flexibility index (Phi) is 3.80. The Morgan fingerprint density at radius 3 is 2.30 bits per heavy atom. The summed E-state index contributed by atoms with van der Waals surface area (Å²) < 4.78 is 1.10. The van der Waals surface area contributed by atoms with Gasteiger partial charge in [-0.3, -0.25) is 0 Å². The van der Waals surface area contributed by atoms with Crippen molar-refractivity contribution in [1.29, 1.82) is 0 Å². The van der Waals surface area contributed by atoms with Crippen LogP contribution in [0.2, 0.25) is 0 Å². The molecule has 1 aliphatic rings. The zero-order valence-electron chi connectivity index (χ0n) is 12.6. The van der Waals surface area contributed by atoms with Gasteiger partial charge in [-0.15, -0.1) is 0 Å². The van der Waals surface area contributed by atoms with Gasteiger partial charge in [0.2, 0.25) is 0 Å². The van der Waals surface area contributed by atoms with Crippen molar-refractivity contribution in [2.45, 2.75) is 12.7 Å². The minimum Gasteiger partial charge on any atom is -0.361 e. The molecule has 1 aliphatic heterocycles. The van der Waals surface area contributed by atoms with Crippen LogP contribution in [0.25, 0.3) is 0 Å². The van der Waals surface area contributed by atoms with Gasteiger partial charge < -0.3 is 10.2 Å². The number of anilines is 2. The average Bonchev–Trinajstić information content (AvgIpc) is 2.62. The van der Waals surface area contributed by atoms with Gasteiger partial charge in [-0.1, -0.05) is 64.5 Å². The summed E-state index contributed by atoms with van der Waals surface area (Å²) in [6.45, 7) is 0.897. The first-order valence-electron chi connectivity index (χ1n) is 7.73. The predicted molar refractivity (Wildman–Crippen MR) is 99.6 cm³/mol. The van der Waals surface area contributed by atoms with Gasteiger partial charge in [-0.05, 0) is 41.5 Å². The molecule has 3 aromatic rings. The largest absolute Gasteiger partial charge is 0.361 e. The van der Waals surface area contributed by atoms with Gasteiger partial charge in [0.05, 0.1) is 0 Å². The minimum atomic E-state index is 0.125. The summed E-state index contributed by atoms with van der Waals surface area (Å²) in [5.41, 5.74) is 5.02. The van der Waals surface area contributed by atoms with Crippen LogP contribution in [0.1, 0.15) is 17.3 Å². The molecule has 0 bridgehead atoms. The number of hydrogen-bond donors (Lipinski definition) is 1. The van der Waals surface area contributed by atoms with E-state index >= 15 is 0 Å². The minimum absolute atomic E-state index is 0.125. The first kappa shape index (κ1) is 14.3. The van der Waals surface area contributed by atoms with E-state index in [2.05, 4.69) is 105 Å². The lowest BCUT2D eigenvalue weighted by molar-refractivity contribution is 0.658. The third kappa shape index (κ3) is 2.84. The Morgan fingerprint density at radius 2 is 1.52 bits per heavy atom. The smallest absolute Gasteiger partial charge is 0.126 e. The first-order valence-corrected chi connectivity index (χ1v) is 8.52. The van der Waals surface area contributed by atoms with Crippen molar-refractivity contribution >= 4 is 27.3 Å². The van der Waals surface area contributed by atoms with Crippen molar-refractivity contribution in [2.75, 3.05) is 10.2 Å². The van der Waals surface area contributed by atoms with Crippen LogP contribution in [-0.4, -0.2) is 0 Å². The predicted octanol–water partition coefficient (Wildman–Crippen LogP) is 5.58. The Balaban J connectivity index is 1.78. The van der Waals surface area contributed by atoms with E-state index in [-0.39, 0.29) is 6.17 Å². The van der Waals surface area contributed by atoms with Crippen molar-refractivity contribution in [3.63, 3.8) is 0 Å². The van der Waals surface area contributed by atoms with E-state index in [9.17, 15) is 0 Å². The molecular weight excluding hydrogens is 348 g/mol. The number of nitrogens with one attached hydrogen (secondary N) is 1. The molecule has 0 aliphatic carbocycles. The van der Waals surface area contributed by atoms with E-state index in [1.807, 2.05) is 0 Å². The fourth-order valence-electron chi connectivity index (χ4n) is 3.07. The lowest BCUT2D eigenvalue weighted by atomic mass is 10.0. The zero-order chi connectivity index (χ0) is 15.6. The molecule has 0 radical (unpaired) electrons. The topological polar surface area (TPSA) is 15.3 Å². The summed E-state index contributed by atoms with van der Waals surface area (Å²) >= 11 is 3.52. The van der Waals surface area contributed by atoms with Gasteiger partial charge in [0.15, 0.2) is 0 Å². The molecule has 1 atom stereocenters. The zero-order valence-corrected chi connectivity index (χ0v) is 14.2. The van der Waals surface area contributed by atoms with E-state index in [0.717, 1.165) is 11.0 Å². The maximum absolute atomic E-state index is 3.69. The second kappa shape index (κ2) is 6.09. The van der Waals surface area contributed by atoms with Crippen LogP contribution in [0.5, 0.6) is 0 Å². The molecule has 1 N–H and O–H groups in total. The highest BCUT2D eigenvalue weighted by Gasteiger charge is 2.26. The fourth-order valence-corrected chi connectivity index (χ4v) is 3.33. The van der Waals surface area contributed by atoms with Crippen LogP contribution in [0.3, 0.4) is 0 Å². The number of halogens is 1. The number of fused-ring (bicyclic) bond motifs is 1. The standard InChI is InChI=1S/C20H17BrN2/c21-17-12-10-15(11-13-17)20-22-19-9-5-4-6-16(19)14-23(20)18-7-2-1-3-8-18/h1-13,20,22H,14H2. The molecule has 0 fully saturated rings. The molecule has 0 saturated heterocycles. The first-order chi connectivity index (χ1) is 11.3. The molecule has 23 heavy (non-hydrogen) atoms. The van der Waals surface area contributed by atoms with Gasteiger partial charge in [0.1, 0.15) is 6.17 Å². The van der Waals surface area contributed by atoms with Crippen molar-refractivity contribution in [2.24, 2.45) is 0 Å². The summed E-state index contributed by atoms with van der Waals surface area (Å²) in [6.07, 6.45) is 0.125. The molecule has 114 valence electrons. The van der Waals surface area contributed by atoms with E-state index in [4.69, 9.17) is 0 Å². The normalized spacial score (nSPS) is 16.6. The number of para-hydroxylation sites is 2. The third-order valence-electron chi connectivity index (χ3n) is 4.24. The Morgan fingerprint density at radius 1 is 0.826 bits per heavy atom. The molecule has 0 amide bonds. The molecule has 3 heteroatoms. The lowest BCUT2D eigenvalue weighted by Crippen LogP contribution is -2.37. The molecule has 0 aromatic heterocycles. The fraction of sp³-hybridized carbons (Fsp3) is 0.100. The van der Waals surface area contributed by atoms with Crippen LogP contribution < -0.4 is 10.2 Å².